The molecule has 0 unspecified atom stereocenters. The number of aryl methyl sites for hydroxylation is 1. The fourth-order valence-corrected chi connectivity index (χ4v) is 3.90. The Morgan fingerprint density at radius 1 is 1.23 bits per heavy atom. The predicted octanol–water partition coefficient (Wildman–Crippen LogP) is 3.34. The predicted molar refractivity (Wildman–Crippen MR) is 105 cm³/mol. The van der Waals surface area contributed by atoms with Crippen LogP contribution in [0.5, 0.6) is 0 Å². The van der Waals surface area contributed by atoms with Gasteiger partial charge in [-0.25, -0.2) is 4.98 Å². The van der Waals surface area contributed by atoms with Gasteiger partial charge in [-0.2, -0.15) is 0 Å². The molecule has 0 amide bonds. The Bertz CT molecular complexity index is 969. The number of aromatic nitrogens is 3. The highest BCUT2D eigenvalue weighted by molar-refractivity contribution is 6.31. The van der Waals surface area contributed by atoms with Crippen LogP contribution < -0.4 is 5.56 Å². The number of likely N-dealkylation sites (tertiary alicyclic amines) is 1. The number of benzene rings is 1. The van der Waals surface area contributed by atoms with E-state index in [1.54, 1.807) is 17.7 Å². The van der Waals surface area contributed by atoms with Gasteiger partial charge < -0.3 is 14.5 Å². The van der Waals surface area contributed by atoms with Gasteiger partial charge in [0.15, 0.2) is 0 Å². The zero-order chi connectivity index (χ0) is 18.1. The van der Waals surface area contributed by atoms with Gasteiger partial charge >= 0.3 is 0 Å². The second kappa shape index (κ2) is 7.25. The molecule has 4 rings (SSSR count). The van der Waals surface area contributed by atoms with Crippen LogP contribution in [0.4, 0.5) is 0 Å². The molecule has 0 bridgehead atoms. The highest BCUT2D eigenvalue weighted by Crippen LogP contribution is 2.27. The van der Waals surface area contributed by atoms with Crippen LogP contribution in [-0.2, 0) is 13.5 Å². The molecule has 5 nitrogen and oxygen atoms in total. The zero-order valence-electron chi connectivity index (χ0n) is 14.9. The van der Waals surface area contributed by atoms with Crippen molar-refractivity contribution >= 4 is 22.6 Å². The third-order valence-corrected chi connectivity index (χ3v) is 5.58. The number of piperidine rings is 1. The molecular formula is C20H23ClN4O. The third kappa shape index (κ3) is 3.69. The van der Waals surface area contributed by atoms with Crippen LogP contribution in [-0.4, -0.2) is 39.1 Å². The third-order valence-electron chi connectivity index (χ3n) is 5.35. The maximum absolute atomic E-state index is 11.8. The van der Waals surface area contributed by atoms with Gasteiger partial charge in [-0.05, 0) is 61.7 Å². The maximum atomic E-state index is 11.8. The zero-order valence-corrected chi connectivity index (χ0v) is 15.7. The minimum absolute atomic E-state index is 0.0786. The molecule has 0 aliphatic carbocycles. The van der Waals surface area contributed by atoms with Crippen molar-refractivity contribution in [3.8, 4) is 0 Å². The number of fused-ring (bicyclic) bond motifs is 1. The van der Waals surface area contributed by atoms with Crippen molar-refractivity contribution in [2.45, 2.75) is 25.2 Å². The highest BCUT2D eigenvalue weighted by Gasteiger charge is 2.21. The number of pyridine rings is 1. The van der Waals surface area contributed by atoms with Crippen LogP contribution in [0.2, 0.25) is 5.02 Å². The summed E-state index contributed by atoms with van der Waals surface area (Å²) in [5.74, 6) is 1.50. The van der Waals surface area contributed by atoms with Gasteiger partial charge in [-0.3, -0.25) is 4.79 Å². The topological polar surface area (TPSA) is 53.9 Å². The summed E-state index contributed by atoms with van der Waals surface area (Å²) in [5, 5.41) is 0.727. The number of H-pyrrole nitrogens is 1. The monoisotopic (exact) mass is 370 g/mol. The molecule has 3 heterocycles. The fraction of sp³-hybridized carbons (Fsp3) is 0.400. The second-order valence-corrected chi connectivity index (χ2v) is 7.56. The largest absolute Gasteiger partial charge is 0.342 e. The van der Waals surface area contributed by atoms with E-state index in [2.05, 4.69) is 20.9 Å². The molecule has 0 spiro atoms. The highest BCUT2D eigenvalue weighted by atomic mass is 35.5. The quantitative estimate of drug-likeness (QED) is 0.766. The average molecular weight is 371 g/mol. The molecule has 3 aromatic rings. The number of hydrogen-bond donors (Lipinski definition) is 1. The Labute approximate surface area is 157 Å². The molecule has 1 aliphatic heterocycles. The summed E-state index contributed by atoms with van der Waals surface area (Å²) in [6, 6.07) is 9.62. The lowest BCUT2D eigenvalue weighted by Gasteiger charge is -2.32. The van der Waals surface area contributed by atoms with Crippen LogP contribution in [0.1, 0.15) is 30.1 Å². The summed E-state index contributed by atoms with van der Waals surface area (Å²) >= 11 is 6.03. The first-order chi connectivity index (χ1) is 12.6. The van der Waals surface area contributed by atoms with E-state index in [9.17, 15) is 4.79 Å². The van der Waals surface area contributed by atoms with Gasteiger partial charge in [0, 0.05) is 37.3 Å². The number of imidazole rings is 1. The minimum Gasteiger partial charge on any atom is -0.342 e. The molecule has 6 heteroatoms. The molecule has 1 N–H and O–H groups in total. The minimum atomic E-state index is 0.0786. The van der Waals surface area contributed by atoms with E-state index in [-0.39, 0.29) is 5.56 Å². The standard InChI is InChI=1S/C20H23ClN4O/c1-24-8-4-15(12-20(24)26)14-5-9-25(10-6-14)11-7-19-22-17-3-2-16(21)13-18(17)23-19/h2-4,8,12-14H,5-7,9-11H2,1H3,(H,22,23). The molecule has 0 saturated carbocycles. The fourth-order valence-electron chi connectivity index (χ4n) is 3.72. The average Bonchev–Trinajstić information content (AvgIpc) is 3.05. The smallest absolute Gasteiger partial charge is 0.250 e. The summed E-state index contributed by atoms with van der Waals surface area (Å²) in [7, 11) is 1.79. The van der Waals surface area contributed by atoms with E-state index in [0.717, 1.165) is 60.8 Å². The first-order valence-corrected chi connectivity index (χ1v) is 9.49. The van der Waals surface area contributed by atoms with Crippen molar-refractivity contribution < 1.29 is 0 Å². The van der Waals surface area contributed by atoms with E-state index in [4.69, 9.17) is 11.6 Å². The van der Waals surface area contributed by atoms with Crippen LogP contribution in [0.25, 0.3) is 11.0 Å². The number of aromatic amines is 1. The molecule has 1 saturated heterocycles. The molecule has 1 aromatic carbocycles. The Morgan fingerprint density at radius 2 is 2.04 bits per heavy atom. The van der Waals surface area contributed by atoms with Crippen molar-refractivity contribution in [3.05, 3.63) is 63.3 Å². The second-order valence-electron chi connectivity index (χ2n) is 7.12. The molecule has 2 aromatic heterocycles. The lowest BCUT2D eigenvalue weighted by Crippen LogP contribution is -2.34. The molecule has 26 heavy (non-hydrogen) atoms. The Hall–Kier alpha value is -2.11. The van der Waals surface area contributed by atoms with Crippen LogP contribution >= 0.6 is 11.6 Å². The lowest BCUT2D eigenvalue weighted by atomic mass is 9.90. The van der Waals surface area contributed by atoms with Crippen LogP contribution in [0.3, 0.4) is 0 Å². The SMILES string of the molecule is Cn1ccc(C2CCN(CCc3nc4ccc(Cl)cc4[nH]3)CC2)cc1=O. The number of halogens is 1. The van der Waals surface area contributed by atoms with Gasteiger partial charge in [0.2, 0.25) is 0 Å². The molecular weight excluding hydrogens is 348 g/mol. The van der Waals surface area contributed by atoms with Gasteiger partial charge in [-0.1, -0.05) is 11.6 Å². The number of nitrogens with one attached hydrogen (secondary N) is 1. The van der Waals surface area contributed by atoms with Crippen molar-refractivity contribution in [2.75, 3.05) is 19.6 Å². The van der Waals surface area contributed by atoms with Crippen molar-refractivity contribution in [3.63, 3.8) is 0 Å². The summed E-state index contributed by atoms with van der Waals surface area (Å²) in [5.41, 5.74) is 3.22. The number of rotatable bonds is 4. The first-order valence-electron chi connectivity index (χ1n) is 9.11. The summed E-state index contributed by atoms with van der Waals surface area (Å²) in [6.07, 6.45) is 4.98. The van der Waals surface area contributed by atoms with Crippen LogP contribution in [0, 0.1) is 0 Å². The number of nitrogens with zero attached hydrogens (tertiary/aromatic N) is 3. The van der Waals surface area contributed by atoms with Gasteiger partial charge in [0.05, 0.1) is 11.0 Å². The van der Waals surface area contributed by atoms with Crippen LogP contribution in [0.15, 0.2) is 41.3 Å². The summed E-state index contributed by atoms with van der Waals surface area (Å²) in [4.78, 5) is 22.3. The molecule has 0 atom stereocenters. The normalized spacial score (nSPS) is 16.4. The van der Waals surface area contributed by atoms with Crippen molar-refractivity contribution in [1.82, 2.24) is 19.4 Å². The van der Waals surface area contributed by atoms with E-state index in [0.29, 0.717) is 5.92 Å². The van der Waals surface area contributed by atoms with E-state index in [1.165, 1.54) is 5.56 Å². The molecule has 1 aliphatic rings. The van der Waals surface area contributed by atoms with Gasteiger partial charge in [0.25, 0.3) is 5.56 Å². The van der Waals surface area contributed by atoms with E-state index in [1.807, 2.05) is 24.4 Å². The molecule has 1 fully saturated rings. The Morgan fingerprint density at radius 3 is 2.81 bits per heavy atom. The Balaban J connectivity index is 1.33. The summed E-state index contributed by atoms with van der Waals surface area (Å²) in [6.45, 7) is 3.12. The maximum Gasteiger partial charge on any atom is 0.250 e. The van der Waals surface area contributed by atoms with E-state index >= 15 is 0 Å². The summed E-state index contributed by atoms with van der Waals surface area (Å²) < 4.78 is 1.62. The van der Waals surface area contributed by atoms with Crippen molar-refractivity contribution in [2.24, 2.45) is 7.05 Å². The number of hydrogen-bond acceptors (Lipinski definition) is 3. The molecule has 136 valence electrons. The van der Waals surface area contributed by atoms with Gasteiger partial charge in [0.1, 0.15) is 5.82 Å². The van der Waals surface area contributed by atoms with Gasteiger partial charge in [-0.15, -0.1) is 0 Å². The Kier molecular flexibility index (Phi) is 4.83. The van der Waals surface area contributed by atoms with Crippen molar-refractivity contribution in [1.29, 1.82) is 0 Å². The lowest BCUT2D eigenvalue weighted by molar-refractivity contribution is 0.213. The molecule has 0 radical (unpaired) electrons. The van der Waals surface area contributed by atoms with E-state index < -0.39 is 0 Å². The first kappa shape index (κ1) is 17.3.